The maximum absolute atomic E-state index is 11.9. The first-order valence-corrected chi connectivity index (χ1v) is 12.8. The van der Waals surface area contributed by atoms with Crippen LogP contribution in [0.25, 0.3) is 0 Å². The van der Waals surface area contributed by atoms with Crippen molar-refractivity contribution in [3.63, 3.8) is 0 Å². The molecule has 0 aromatic carbocycles. The molecule has 0 amide bonds. The number of likely N-dealkylation sites (tertiary alicyclic amines) is 2. The highest BCUT2D eigenvalue weighted by atomic mass is 32.1. The van der Waals surface area contributed by atoms with Crippen LogP contribution in [-0.4, -0.2) is 51.4 Å². The normalized spacial score (nSPS) is 19.6. The van der Waals surface area contributed by atoms with Crippen molar-refractivity contribution in [2.24, 2.45) is 5.92 Å². The zero-order valence-electron chi connectivity index (χ0n) is 20.2. The van der Waals surface area contributed by atoms with E-state index in [0.717, 1.165) is 81.7 Å². The molecule has 1 aromatic rings. The molecule has 6 nitrogen and oxygen atoms in total. The molecule has 0 radical (unpaired) electrons. The molecule has 3 rings (SSSR count). The first kappa shape index (κ1) is 26.4. The summed E-state index contributed by atoms with van der Waals surface area (Å²) in [5.41, 5.74) is 1.13. The van der Waals surface area contributed by atoms with Gasteiger partial charge in [-0.1, -0.05) is 20.3 Å². The predicted octanol–water partition coefficient (Wildman–Crippen LogP) is 5.60. The highest BCUT2D eigenvalue weighted by Gasteiger charge is 2.33. The van der Waals surface area contributed by atoms with Crippen molar-refractivity contribution >= 4 is 28.8 Å². The Labute approximate surface area is 198 Å². The molecule has 0 bridgehead atoms. The average Bonchev–Trinajstić information content (AvgIpc) is 3.30. The Balaban J connectivity index is 0.00000176. The smallest absolute Gasteiger partial charge is 0.135 e. The summed E-state index contributed by atoms with van der Waals surface area (Å²) in [6.45, 7) is 14.6. The summed E-state index contributed by atoms with van der Waals surface area (Å²) in [7, 11) is 0. The lowest BCUT2D eigenvalue weighted by molar-refractivity contribution is -0.121. The molecule has 0 saturated carbocycles. The second kappa shape index (κ2) is 13.0. The Morgan fingerprint density at radius 3 is 2.69 bits per heavy atom. The third kappa shape index (κ3) is 7.07. The third-order valence-corrected chi connectivity index (χ3v) is 7.35. The lowest BCUT2D eigenvalue weighted by Gasteiger charge is -2.31. The third-order valence-electron chi connectivity index (χ3n) is 6.35. The van der Waals surface area contributed by atoms with Crippen molar-refractivity contribution in [2.45, 2.75) is 91.1 Å². The molecule has 1 aromatic heterocycles. The molecular weight excluding hydrogens is 418 g/mol. The monoisotopic (exact) mass is 459 g/mol. The van der Waals surface area contributed by atoms with Gasteiger partial charge in [0, 0.05) is 30.2 Å². The Hall–Kier alpha value is -1.86. The second-order valence-corrected chi connectivity index (χ2v) is 10.3. The predicted molar refractivity (Wildman–Crippen MR) is 135 cm³/mol. The van der Waals surface area contributed by atoms with E-state index in [1.165, 1.54) is 4.88 Å². The van der Waals surface area contributed by atoms with Crippen LogP contribution in [-0.2, 0) is 17.8 Å². The standard InChI is InChI=1S/C23H37N5OS.C2H4/c1-16(2)20(29)11-7-9-18-17(3)30-22(26-18)15-27-13-8-10-19(27)23(25)28-14-6-4-5-12-21(28)24;1-2/h16,19,24-25H,4-15H2,1-3H3;1-2H2. The van der Waals surface area contributed by atoms with Crippen LogP contribution in [0, 0.1) is 23.7 Å². The number of thiazole rings is 1. The van der Waals surface area contributed by atoms with Crippen LogP contribution in [0.15, 0.2) is 13.2 Å². The summed E-state index contributed by atoms with van der Waals surface area (Å²) >= 11 is 1.76. The summed E-state index contributed by atoms with van der Waals surface area (Å²) < 4.78 is 0. The van der Waals surface area contributed by atoms with Crippen LogP contribution >= 0.6 is 11.3 Å². The summed E-state index contributed by atoms with van der Waals surface area (Å²) in [6, 6.07) is 0.0970. The van der Waals surface area contributed by atoms with Crippen LogP contribution in [0.2, 0.25) is 0 Å². The van der Waals surface area contributed by atoms with Gasteiger partial charge in [0.2, 0.25) is 0 Å². The molecule has 2 saturated heterocycles. The van der Waals surface area contributed by atoms with Gasteiger partial charge in [0.25, 0.3) is 0 Å². The Morgan fingerprint density at radius 2 is 1.97 bits per heavy atom. The number of hydrogen-bond donors (Lipinski definition) is 2. The van der Waals surface area contributed by atoms with E-state index < -0.39 is 0 Å². The fourth-order valence-electron chi connectivity index (χ4n) is 4.46. The fourth-order valence-corrected chi connectivity index (χ4v) is 5.46. The zero-order chi connectivity index (χ0) is 23.7. The number of carbonyl (C=O) groups is 1. The molecule has 2 aliphatic rings. The number of rotatable bonds is 8. The minimum atomic E-state index is 0.0970. The molecule has 1 atom stereocenters. The fraction of sp³-hybridized carbons (Fsp3) is 0.680. The van der Waals surface area contributed by atoms with E-state index in [1.807, 2.05) is 18.7 Å². The van der Waals surface area contributed by atoms with Crippen molar-refractivity contribution in [1.82, 2.24) is 14.8 Å². The van der Waals surface area contributed by atoms with Crippen LogP contribution in [0.5, 0.6) is 0 Å². The number of aryl methyl sites for hydroxylation is 2. The number of hydrogen-bond acceptors (Lipinski definition) is 6. The molecule has 2 N–H and O–H groups in total. The van der Waals surface area contributed by atoms with Crippen molar-refractivity contribution in [3.8, 4) is 0 Å². The van der Waals surface area contributed by atoms with E-state index in [1.54, 1.807) is 11.3 Å². The van der Waals surface area contributed by atoms with Crippen molar-refractivity contribution in [3.05, 3.63) is 28.7 Å². The topological polar surface area (TPSA) is 84.1 Å². The van der Waals surface area contributed by atoms with Gasteiger partial charge in [-0.05, 0) is 52.0 Å². The molecule has 1 unspecified atom stereocenters. The van der Waals surface area contributed by atoms with Crippen LogP contribution in [0.4, 0.5) is 0 Å². The minimum absolute atomic E-state index is 0.0970. The lowest BCUT2D eigenvalue weighted by Crippen LogP contribution is -2.47. The summed E-state index contributed by atoms with van der Waals surface area (Å²) in [5, 5.41) is 18.3. The number of ketones is 1. The van der Waals surface area contributed by atoms with E-state index in [0.29, 0.717) is 23.9 Å². The lowest BCUT2D eigenvalue weighted by atomic mass is 10.0. The van der Waals surface area contributed by atoms with Crippen molar-refractivity contribution < 1.29 is 4.79 Å². The minimum Gasteiger partial charge on any atom is -0.318 e. The SMILES string of the molecule is C=C.Cc1sc(CN2CCCC2C(=N)N2CCCCCC2=N)nc1CCCC(=O)C(C)C. The molecule has 2 fully saturated rings. The number of aromatic nitrogens is 1. The maximum Gasteiger partial charge on any atom is 0.135 e. The van der Waals surface area contributed by atoms with Gasteiger partial charge >= 0.3 is 0 Å². The molecular formula is C25H41N5OS. The van der Waals surface area contributed by atoms with Crippen molar-refractivity contribution in [2.75, 3.05) is 13.1 Å². The van der Waals surface area contributed by atoms with Crippen LogP contribution < -0.4 is 0 Å². The first-order valence-electron chi connectivity index (χ1n) is 12.0. The van der Waals surface area contributed by atoms with Crippen LogP contribution in [0.3, 0.4) is 0 Å². The summed E-state index contributed by atoms with van der Waals surface area (Å²) in [6.07, 6.45) is 8.57. The Bertz CT molecular complexity index is 787. The largest absolute Gasteiger partial charge is 0.318 e. The molecule has 0 spiro atoms. The number of amidine groups is 2. The molecule has 32 heavy (non-hydrogen) atoms. The van der Waals surface area contributed by atoms with E-state index in [2.05, 4.69) is 25.0 Å². The highest BCUT2D eigenvalue weighted by Crippen LogP contribution is 2.27. The van der Waals surface area contributed by atoms with Gasteiger partial charge in [-0.2, -0.15) is 0 Å². The summed E-state index contributed by atoms with van der Waals surface area (Å²) in [5.74, 6) is 1.68. The summed E-state index contributed by atoms with van der Waals surface area (Å²) in [4.78, 5) is 22.3. The Morgan fingerprint density at radius 1 is 1.22 bits per heavy atom. The van der Waals surface area contributed by atoms with Gasteiger partial charge in [-0.25, -0.2) is 4.98 Å². The molecule has 2 aliphatic heterocycles. The van der Waals surface area contributed by atoms with Gasteiger partial charge in [-0.3, -0.25) is 20.5 Å². The van der Waals surface area contributed by atoms with Gasteiger partial charge in [0.1, 0.15) is 22.5 Å². The van der Waals surface area contributed by atoms with Gasteiger partial charge in [0.05, 0.1) is 18.3 Å². The van der Waals surface area contributed by atoms with E-state index in [9.17, 15) is 4.79 Å². The van der Waals surface area contributed by atoms with Gasteiger partial charge in [-0.15, -0.1) is 24.5 Å². The second-order valence-electron chi connectivity index (χ2n) is 9.01. The molecule has 7 heteroatoms. The number of Topliss-reactive ketones (excluding diaryl/α,β-unsaturated/α-hetero) is 1. The van der Waals surface area contributed by atoms with E-state index in [4.69, 9.17) is 15.8 Å². The van der Waals surface area contributed by atoms with Crippen LogP contribution in [0.1, 0.15) is 80.8 Å². The zero-order valence-corrected chi connectivity index (χ0v) is 21.0. The molecule has 178 valence electrons. The number of nitrogens with zero attached hydrogens (tertiary/aromatic N) is 3. The molecule has 0 aliphatic carbocycles. The average molecular weight is 460 g/mol. The van der Waals surface area contributed by atoms with E-state index in [-0.39, 0.29) is 12.0 Å². The highest BCUT2D eigenvalue weighted by molar-refractivity contribution is 7.11. The first-order chi connectivity index (χ1) is 15.4. The maximum atomic E-state index is 11.9. The number of nitrogens with one attached hydrogen (secondary N) is 2. The van der Waals surface area contributed by atoms with E-state index >= 15 is 0 Å². The van der Waals surface area contributed by atoms with Gasteiger partial charge < -0.3 is 4.90 Å². The Kier molecular flexibility index (Phi) is 10.7. The number of carbonyl (C=O) groups excluding carboxylic acids is 1. The quantitative estimate of drug-likeness (QED) is 0.301. The van der Waals surface area contributed by atoms with Crippen molar-refractivity contribution in [1.29, 1.82) is 10.8 Å². The van der Waals surface area contributed by atoms with Gasteiger partial charge in [0.15, 0.2) is 0 Å². The molecule has 3 heterocycles.